The van der Waals surface area contributed by atoms with Gasteiger partial charge >= 0.3 is 0 Å². The highest BCUT2D eigenvalue weighted by molar-refractivity contribution is 9.10. The predicted molar refractivity (Wildman–Crippen MR) is 77.6 cm³/mol. The van der Waals surface area contributed by atoms with Crippen molar-refractivity contribution in [3.8, 4) is 0 Å². The average molecular weight is 297 g/mol. The van der Waals surface area contributed by atoms with E-state index in [-0.39, 0.29) is 0 Å². The van der Waals surface area contributed by atoms with E-state index in [9.17, 15) is 0 Å². The minimum atomic E-state index is 0.385. The van der Waals surface area contributed by atoms with E-state index in [4.69, 9.17) is 0 Å². The van der Waals surface area contributed by atoms with Gasteiger partial charge in [-0.1, -0.05) is 28.9 Å². The normalized spacial score (nSPS) is 21.9. The van der Waals surface area contributed by atoms with Crippen molar-refractivity contribution >= 4 is 21.6 Å². The molecule has 1 heterocycles. The Labute approximate surface area is 113 Å². The second-order valence-electron chi connectivity index (χ2n) is 5.06. The summed E-state index contributed by atoms with van der Waals surface area (Å²) in [7, 11) is 1.99. The van der Waals surface area contributed by atoms with Gasteiger partial charge < -0.3 is 10.2 Å². The first-order chi connectivity index (χ1) is 8.11. The second kappa shape index (κ2) is 5.40. The van der Waals surface area contributed by atoms with Crippen LogP contribution in [0.25, 0.3) is 0 Å². The van der Waals surface area contributed by atoms with Crippen LogP contribution in [0.4, 0.5) is 5.69 Å². The summed E-state index contributed by atoms with van der Waals surface area (Å²) in [6, 6.07) is 7.10. The Hall–Kier alpha value is -0.540. The third kappa shape index (κ3) is 2.83. The van der Waals surface area contributed by atoms with Gasteiger partial charge in [-0.3, -0.25) is 0 Å². The summed E-state index contributed by atoms with van der Waals surface area (Å²) in [4.78, 5) is 2.48. The molecule has 1 aromatic carbocycles. The SMILES string of the molecule is CNC(C)c1ccc(N2CCC(C)C2)cc1Br. The number of rotatable bonds is 3. The number of nitrogens with zero attached hydrogens (tertiary/aromatic N) is 1. The molecule has 2 nitrogen and oxygen atoms in total. The number of hydrogen-bond donors (Lipinski definition) is 1. The molecule has 0 spiro atoms. The van der Waals surface area contributed by atoms with Gasteiger partial charge in [-0.15, -0.1) is 0 Å². The molecule has 94 valence electrons. The molecule has 1 saturated heterocycles. The van der Waals surface area contributed by atoms with Crippen LogP contribution in [0.3, 0.4) is 0 Å². The van der Waals surface area contributed by atoms with Crippen LogP contribution in [0.1, 0.15) is 31.9 Å². The van der Waals surface area contributed by atoms with Gasteiger partial charge in [-0.05, 0) is 44.0 Å². The van der Waals surface area contributed by atoms with Crippen molar-refractivity contribution < 1.29 is 0 Å². The maximum absolute atomic E-state index is 3.68. The highest BCUT2D eigenvalue weighted by Crippen LogP contribution is 2.30. The molecule has 17 heavy (non-hydrogen) atoms. The van der Waals surface area contributed by atoms with Crippen molar-refractivity contribution in [3.63, 3.8) is 0 Å². The monoisotopic (exact) mass is 296 g/mol. The smallest absolute Gasteiger partial charge is 0.0377 e. The van der Waals surface area contributed by atoms with Crippen LogP contribution in [0.15, 0.2) is 22.7 Å². The van der Waals surface area contributed by atoms with Gasteiger partial charge in [0, 0.05) is 29.3 Å². The van der Waals surface area contributed by atoms with Crippen molar-refractivity contribution in [2.24, 2.45) is 5.92 Å². The molecule has 1 aliphatic rings. The summed E-state index contributed by atoms with van der Waals surface area (Å²) in [5, 5.41) is 3.27. The molecule has 0 aromatic heterocycles. The van der Waals surface area contributed by atoms with Gasteiger partial charge in [0.25, 0.3) is 0 Å². The highest BCUT2D eigenvalue weighted by atomic mass is 79.9. The van der Waals surface area contributed by atoms with Gasteiger partial charge in [0.2, 0.25) is 0 Å². The molecule has 0 radical (unpaired) electrons. The average Bonchev–Trinajstić information content (AvgIpc) is 2.75. The summed E-state index contributed by atoms with van der Waals surface area (Å²) in [5.41, 5.74) is 2.66. The van der Waals surface area contributed by atoms with Crippen LogP contribution in [-0.2, 0) is 0 Å². The number of halogens is 1. The fraction of sp³-hybridized carbons (Fsp3) is 0.571. The molecule has 3 heteroatoms. The molecule has 0 aliphatic carbocycles. The molecule has 2 rings (SSSR count). The zero-order valence-corrected chi connectivity index (χ0v) is 12.4. The number of benzene rings is 1. The first kappa shape index (κ1) is 12.9. The van der Waals surface area contributed by atoms with Crippen molar-refractivity contribution in [2.75, 3.05) is 25.0 Å². The van der Waals surface area contributed by atoms with Gasteiger partial charge in [-0.2, -0.15) is 0 Å². The van der Waals surface area contributed by atoms with Crippen molar-refractivity contribution in [1.82, 2.24) is 5.32 Å². The molecule has 1 N–H and O–H groups in total. The Morgan fingerprint density at radius 2 is 2.24 bits per heavy atom. The molecule has 1 aromatic rings. The maximum atomic E-state index is 3.68. The largest absolute Gasteiger partial charge is 0.371 e. The first-order valence-corrected chi connectivity index (χ1v) is 7.12. The van der Waals surface area contributed by atoms with E-state index < -0.39 is 0 Å². The number of nitrogens with one attached hydrogen (secondary N) is 1. The van der Waals surface area contributed by atoms with Crippen LogP contribution in [0, 0.1) is 5.92 Å². The lowest BCUT2D eigenvalue weighted by Gasteiger charge is -2.20. The van der Waals surface area contributed by atoms with E-state index in [0.29, 0.717) is 6.04 Å². The number of hydrogen-bond acceptors (Lipinski definition) is 2. The van der Waals surface area contributed by atoms with Gasteiger partial charge in [0.1, 0.15) is 0 Å². The van der Waals surface area contributed by atoms with E-state index in [2.05, 4.69) is 58.2 Å². The van der Waals surface area contributed by atoms with Crippen molar-refractivity contribution in [1.29, 1.82) is 0 Å². The molecule has 2 atom stereocenters. The van der Waals surface area contributed by atoms with Gasteiger partial charge in [0.15, 0.2) is 0 Å². The second-order valence-corrected chi connectivity index (χ2v) is 5.91. The Morgan fingerprint density at radius 3 is 2.76 bits per heavy atom. The topological polar surface area (TPSA) is 15.3 Å². The molecule has 1 fully saturated rings. The Kier molecular flexibility index (Phi) is 4.10. The fourth-order valence-corrected chi connectivity index (χ4v) is 3.10. The van der Waals surface area contributed by atoms with E-state index >= 15 is 0 Å². The van der Waals surface area contributed by atoms with Crippen LogP contribution in [0.2, 0.25) is 0 Å². The molecule has 0 bridgehead atoms. The third-order valence-electron chi connectivity index (χ3n) is 3.67. The zero-order chi connectivity index (χ0) is 12.4. The van der Waals surface area contributed by atoms with Crippen LogP contribution in [-0.4, -0.2) is 20.1 Å². The highest BCUT2D eigenvalue weighted by Gasteiger charge is 2.19. The molecule has 0 saturated carbocycles. The number of anilines is 1. The predicted octanol–water partition coefficient (Wildman–Crippen LogP) is 3.58. The summed E-state index contributed by atoms with van der Waals surface area (Å²) in [5.74, 6) is 0.824. The lowest BCUT2D eigenvalue weighted by atomic mass is 10.1. The molecular weight excluding hydrogens is 276 g/mol. The van der Waals surface area contributed by atoms with Crippen LogP contribution in [0.5, 0.6) is 0 Å². The lowest BCUT2D eigenvalue weighted by Crippen LogP contribution is -2.19. The van der Waals surface area contributed by atoms with E-state index in [1.807, 2.05) is 7.05 Å². The standard InChI is InChI=1S/C14H21BrN2/c1-10-6-7-17(9-10)12-4-5-13(11(2)16-3)14(15)8-12/h4-5,8,10-11,16H,6-7,9H2,1-3H3. The van der Waals surface area contributed by atoms with Crippen LogP contribution >= 0.6 is 15.9 Å². The Bertz CT molecular complexity index is 392. The minimum Gasteiger partial charge on any atom is -0.371 e. The lowest BCUT2D eigenvalue weighted by molar-refractivity contribution is 0.649. The van der Waals surface area contributed by atoms with Gasteiger partial charge in [0.05, 0.1) is 0 Å². The minimum absolute atomic E-state index is 0.385. The molecule has 0 amide bonds. The fourth-order valence-electron chi connectivity index (χ4n) is 2.39. The van der Waals surface area contributed by atoms with Gasteiger partial charge in [-0.25, -0.2) is 0 Å². The first-order valence-electron chi connectivity index (χ1n) is 6.33. The van der Waals surface area contributed by atoms with Crippen molar-refractivity contribution in [3.05, 3.63) is 28.2 Å². The van der Waals surface area contributed by atoms with E-state index in [1.54, 1.807) is 0 Å². The summed E-state index contributed by atoms with van der Waals surface area (Å²) in [6.45, 7) is 6.88. The molecular formula is C14H21BrN2. The van der Waals surface area contributed by atoms with Crippen LogP contribution < -0.4 is 10.2 Å². The van der Waals surface area contributed by atoms with Crippen molar-refractivity contribution in [2.45, 2.75) is 26.3 Å². The Balaban J connectivity index is 2.19. The quantitative estimate of drug-likeness (QED) is 0.917. The maximum Gasteiger partial charge on any atom is 0.0377 e. The third-order valence-corrected chi connectivity index (χ3v) is 4.36. The molecule has 1 aliphatic heterocycles. The van der Waals surface area contributed by atoms with E-state index in [1.165, 1.54) is 35.2 Å². The molecule has 2 unspecified atom stereocenters. The Morgan fingerprint density at radius 1 is 1.47 bits per heavy atom. The summed E-state index contributed by atoms with van der Waals surface area (Å²) >= 11 is 3.68. The van der Waals surface area contributed by atoms with E-state index in [0.717, 1.165) is 5.92 Å². The summed E-state index contributed by atoms with van der Waals surface area (Å²) in [6.07, 6.45) is 1.31. The zero-order valence-electron chi connectivity index (χ0n) is 10.8. The summed E-state index contributed by atoms with van der Waals surface area (Å²) < 4.78 is 1.21.